The third-order valence-electron chi connectivity index (χ3n) is 2.96. The van der Waals surface area contributed by atoms with E-state index in [9.17, 15) is 15.0 Å². The Morgan fingerprint density at radius 3 is 2.53 bits per heavy atom. The minimum absolute atomic E-state index is 0.0639. The first-order valence-corrected chi connectivity index (χ1v) is 5.30. The van der Waals surface area contributed by atoms with Crippen molar-refractivity contribution in [3.8, 4) is 11.5 Å². The zero-order valence-corrected chi connectivity index (χ0v) is 10.3. The van der Waals surface area contributed by atoms with Gasteiger partial charge < -0.3 is 20.8 Å². The first-order chi connectivity index (χ1) is 7.81. The molecule has 0 radical (unpaired) electrons. The van der Waals surface area contributed by atoms with E-state index in [1.807, 2.05) is 13.8 Å². The van der Waals surface area contributed by atoms with Gasteiger partial charge in [-0.05, 0) is 26.0 Å². The highest BCUT2D eigenvalue weighted by molar-refractivity contribution is 5.97. The molecule has 0 aliphatic carbocycles. The Bertz CT molecular complexity index is 430. The van der Waals surface area contributed by atoms with Crippen molar-refractivity contribution in [2.45, 2.75) is 19.4 Å². The molecule has 0 heterocycles. The van der Waals surface area contributed by atoms with Crippen molar-refractivity contribution >= 4 is 5.91 Å². The monoisotopic (exact) mass is 238 g/mol. The van der Waals surface area contributed by atoms with Crippen LogP contribution in [0.25, 0.3) is 0 Å². The number of para-hydroxylation sites is 1. The van der Waals surface area contributed by atoms with Crippen LogP contribution in [0.15, 0.2) is 18.2 Å². The normalized spacial score (nSPS) is 11.3. The predicted octanol–water partition coefficient (Wildman–Crippen LogP) is 0.907. The molecule has 5 nitrogen and oxygen atoms in total. The highest BCUT2D eigenvalue weighted by atomic mass is 16.3. The van der Waals surface area contributed by atoms with E-state index in [0.717, 1.165) is 0 Å². The number of nitrogens with two attached hydrogens (primary N) is 1. The molecule has 0 aliphatic rings. The zero-order chi connectivity index (χ0) is 13.2. The van der Waals surface area contributed by atoms with Crippen LogP contribution >= 0.6 is 0 Å². The second-order valence-corrected chi connectivity index (χ2v) is 4.55. The number of phenolic OH excluding ortho intramolecular Hbond substituents is 2. The summed E-state index contributed by atoms with van der Waals surface area (Å²) < 4.78 is 0. The molecule has 17 heavy (non-hydrogen) atoms. The van der Waals surface area contributed by atoms with Gasteiger partial charge in [-0.2, -0.15) is 0 Å². The maximum atomic E-state index is 12.1. The second kappa shape index (κ2) is 4.63. The molecule has 4 N–H and O–H groups in total. The SMILES string of the molecule is CN(C(=O)c1cccc(O)c1O)C(C)(C)CN. The quantitative estimate of drug-likeness (QED) is 0.683. The molecular formula is C12H18N2O3. The van der Waals surface area contributed by atoms with Crippen molar-refractivity contribution in [3.63, 3.8) is 0 Å². The average Bonchev–Trinajstić information content (AvgIpc) is 2.30. The molecule has 1 amide bonds. The Hall–Kier alpha value is -1.75. The number of phenols is 2. The summed E-state index contributed by atoms with van der Waals surface area (Å²) in [7, 11) is 1.61. The van der Waals surface area contributed by atoms with E-state index in [4.69, 9.17) is 5.73 Å². The van der Waals surface area contributed by atoms with E-state index in [1.54, 1.807) is 7.05 Å². The summed E-state index contributed by atoms with van der Waals surface area (Å²) in [5.41, 5.74) is 5.13. The number of carbonyl (C=O) groups is 1. The molecule has 0 bridgehead atoms. The lowest BCUT2D eigenvalue weighted by Gasteiger charge is -2.34. The lowest BCUT2D eigenvalue weighted by molar-refractivity contribution is 0.0636. The minimum atomic E-state index is -0.519. The molecular weight excluding hydrogens is 220 g/mol. The van der Waals surface area contributed by atoms with Crippen LogP contribution in [0.4, 0.5) is 0 Å². The van der Waals surface area contributed by atoms with E-state index >= 15 is 0 Å². The summed E-state index contributed by atoms with van der Waals surface area (Å²) in [6, 6.07) is 4.28. The van der Waals surface area contributed by atoms with Gasteiger partial charge in [-0.15, -0.1) is 0 Å². The molecule has 0 spiro atoms. The van der Waals surface area contributed by atoms with Gasteiger partial charge in [-0.3, -0.25) is 4.79 Å². The number of hydrogen-bond acceptors (Lipinski definition) is 4. The average molecular weight is 238 g/mol. The minimum Gasteiger partial charge on any atom is -0.504 e. The van der Waals surface area contributed by atoms with Gasteiger partial charge >= 0.3 is 0 Å². The van der Waals surface area contributed by atoms with Crippen LogP contribution in [-0.2, 0) is 0 Å². The Morgan fingerprint density at radius 2 is 2.00 bits per heavy atom. The van der Waals surface area contributed by atoms with Crippen molar-refractivity contribution in [3.05, 3.63) is 23.8 Å². The maximum absolute atomic E-state index is 12.1. The molecule has 0 saturated carbocycles. The standard InChI is InChI=1S/C12H18N2O3/c1-12(2,7-13)14(3)11(17)8-5-4-6-9(15)10(8)16/h4-6,15-16H,7,13H2,1-3H3. The van der Waals surface area contributed by atoms with Crippen LogP contribution in [0.2, 0.25) is 0 Å². The zero-order valence-electron chi connectivity index (χ0n) is 10.3. The molecule has 1 aromatic rings. The number of aromatic hydroxyl groups is 2. The summed E-state index contributed by atoms with van der Waals surface area (Å²) in [5.74, 6) is -1.10. The van der Waals surface area contributed by atoms with Gasteiger partial charge in [0, 0.05) is 19.1 Å². The number of nitrogens with zero attached hydrogens (tertiary/aromatic N) is 1. The molecule has 0 saturated heterocycles. The van der Waals surface area contributed by atoms with E-state index in [2.05, 4.69) is 0 Å². The number of likely N-dealkylation sites (N-methyl/N-ethyl adjacent to an activating group) is 1. The fourth-order valence-electron chi connectivity index (χ4n) is 1.30. The molecule has 0 fully saturated rings. The Kier molecular flexibility index (Phi) is 3.63. The number of benzene rings is 1. The molecule has 1 aromatic carbocycles. The van der Waals surface area contributed by atoms with Gasteiger partial charge in [-0.25, -0.2) is 0 Å². The molecule has 0 aliphatic heterocycles. The van der Waals surface area contributed by atoms with Gasteiger partial charge in [-0.1, -0.05) is 6.07 Å². The Morgan fingerprint density at radius 1 is 1.41 bits per heavy atom. The lowest BCUT2D eigenvalue weighted by Crippen LogP contribution is -2.50. The number of amides is 1. The molecule has 0 atom stereocenters. The van der Waals surface area contributed by atoms with Gasteiger partial charge in [0.25, 0.3) is 5.91 Å². The van der Waals surface area contributed by atoms with E-state index in [0.29, 0.717) is 6.54 Å². The molecule has 0 aromatic heterocycles. The van der Waals surface area contributed by atoms with Crippen molar-refractivity contribution in [2.24, 2.45) is 5.73 Å². The molecule has 5 heteroatoms. The summed E-state index contributed by atoms with van der Waals surface area (Å²) in [4.78, 5) is 13.6. The number of rotatable bonds is 3. The molecule has 0 unspecified atom stereocenters. The van der Waals surface area contributed by atoms with Crippen LogP contribution in [0.3, 0.4) is 0 Å². The number of hydrogen-bond donors (Lipinski definition) is 3. The van der Waals surface area contributed by atoms with Crippen LogP contribution in [-0.4, -0.2) is 40.2 Å². The van der Waals surface area contributed by atoms with Crippen LogP contribution < -0.4 is 5.73 Å². The maximum Gasteiger partial charge on any atom is 0.257 e. The fourth-order valence-corrected chi connectivity index (χ4v) is 1.30. The van der Waals surface area contributed by atoms with Crippen molar-refractivity contribution in [1.82, 2.24) is 4.90 Å². The predicted molar refractivity (Wildman–Crippen MR) is 65.0 cm³/mol. The topological polar surface area (TPSA) is 86.8 Å². The van der Waals surface area contributed by atoms with Gasteiger partial charge in [0.1, 0.15) is 0 Å². The lowest BCUT2D eigenvalue weighted by atomic mass is 10.0. The van der Waals surface area contributed by atoms with Gasteiger partial charge in [0.15, 0.2) is 11.5 Å². The molecule has 94 valence electrons. The highest BCUT2D eigenvalue weighted by Crippen LogP contribution is 2.30. The highest BCUT2D eigenvalue weighted by Gasteiger charge is 2.28. The van der Waals surface area contributed by atoms with Crippen molar-refractivity contribution < 1.29 is 15.0 Å². The fraction of sp³-hybridized carbons (Fsp3) is 0.417. The third kappa shape index (κ3) is 2.50. The summed E-state index contributed by atoms with van der Waals surface area (Å²) in [6.07, 6.45) is 0. The van der Waals surface area contributed by atoms with E-state index in [-0.39, 0.29) is 17.2 Å². The second-order valence-electron chi connectivity index (χ2n) is 4.55. The summed E-state index contributed by atoms with van der Waals surface area (Å²) in [5, 5.41) is 19.0. The Labute approximate surface area is 100 Å². The van der Waals surface area contributed by atoms with Crippen LogP contribution in [0, 0.1) is 0 Å². The van der Waals surface area contributed by atoms with Crippen LogP contribution in [0.1, 0.15) is 24.2 Å². The van der Waals surface area contributed by atoms with Gasteiger partial charge in [0.05, 0.1) is 5.56 Å². The number of carbonyl (C=O) groups excluding carboxylic acids is 1. The van der Waals surface area contributed by atoms with Crippen molar-refractivity contribution in [2.75, 3.05) is 13.6 Å². The largest absolute Gasteiger partial charge is 0.504 e. The molecule has 1 rings (SSSR count). The van der Waals surface area contributed by atoms with E-state index < -0.39 is 11.3 Å². The van der Waals surface area contributed by atoms with Crippen molar-refractivity contribution in [1.29, 1.82) is 0 Å². The van der Waals surface area contributed by atoms with Crippen LogP contribution in [0.5, 0.6) is 11.5 Å². The third-order valence-corrected chi connectivity index (χ3v) is 2.96. The van der Waals surface area contributed by atoms with E-state index in [1.165, 1.54) is 23.1 Å². The summed E-state index contributed by atoms with van der Waals surface area (Å²) in [6.45, 7) is 3.95. The summed E-state index contributed by atoms with van der Waals surface area (Å²) >= 11 is 0. The first kappa shape index (κ1) is 13.3. The Balaban J connectivity index is 3.09. The smallest absolute Gasteiger partial charge is 0.257 e. The first-order valence-electron chi connectivity index (χ1n) is 5.30. The van der Waals surface area contributed by atoms with Gasteiger partial charge in [0.2, 0.25) is 0 Å².